The number of aromatic nitrogens is 4. The molecular formula is C12H8N4O. The minimum absolute atomic E-state index is 0.185. The van der Waals surface area contributed by atoms with Crippen molar-refractivity contribution in [1.29, 1.82) is 0 Å². The number of carbonyl (C=O) groups excluding carboxylic acids is 1. The zero-order valence-corrected chi connectivity index (χ0v) is 8.79. The Kier molecular flexibility index (Phi) is 2.15. The largest absolute Gasteiger partial charge is 0.285 e. The molecule has 0 radical (unpaired) electrons. The molecule has 2 heterocycles. The van der Waals surface area contributed by atoms with Gasteiger partial charge in [-0.25, -0.2) is 4.98 Å². The topological polar surface area (TPSA) is 71.5 Å². The minimum Gasteiger partial charge on any atom is -0.285 e. The minimum atomic E-state index is -0.185. The second-order valence-electron chi connectivity index (χ2n) is 3.57. The van der Waals surface area contributed by atoms with E-state index in [9.17, 15) is 4.79 Å². The second kappa shape index (κ2) is 3.79. The number of benzene rings is 1. The van der Waals surface area contributed by atoms with Gasteiger partial charge in [0.2, 0.25) is 5.78 Å². The lowest BCUT2D eigenvalue weighted by Gasteiger charge is -2.00. The molecule has 0 aliphatic heterocycles. The van der Waals surface area contributed by atoms with Gasteiger partial charge in [0.25, 0.3) is 0 Å². The Morgan fingerprint density at radius 1 is 1.18 bits per heavy atom. The standard InChI is InChI=1S/C12H8N4O/c17-11(12-14-7-15-16-12)9-4-3-8-2-1-5-13-10(8)6-9/h1-7H,(H,14,15,16). The number of rotatable bonds is 2. The van der Waals surface area contributed by atoms with E-state index >= 15 is 0 Å². The number of nitrogens with zero attached hydrogens (tertiary/aromatic N) is 3. The van der Waals surface area contributed by atoms with Gasteiger partial charge in [-0.2, -0.15) is 5.10 Å². The predicted octanol–water partition coefficient (Wildman–Crippen LogP) is 1.58. The molecule has 0 fully saturated rings. The quantitative estimate of drug-likeness (QED) is 0.671. The van der Waals surface area contributed by atoms with E-state index in [1.165, 1.54) is 6.33 Å². The molecule has 0 aliphatic rings. The van der Waals surface area contributed by atoms with Crippen LogP contribution < -0.4 is 0 Å². The van der Waals surface area contributed by atoms with Crippen molar-refractivity contribution < 1.29 is 4.79 Å². The molecule has 0 bridgehead atoms. The molecule has 3 aromatic rings. The zero-order valence-electron chi connectivity index (χ0n) is 8.79. The summed E-state index contributed by atoms with van der Waals surface area (Å²) in [7, 11) is 0. The SMILES string of the molecule is O=C(c1ccc2cccnc2c1)c1ncn[nH]1. The van der Waals surface area contributed by atoms with E-state index in [-0.39, 0.29) is 11.6 Å². The summed E-state index contributed by atoms with van der Waals surface area (Å²) in [6.45, 7) is 0. The summed E-state index contributed by atoms with van der Waals surface area (Å²) in [5.41, 5.74) is 1.34. The summed E-state index contributed by atoms with van der Waals surface area (Å²) >= 11 is 0. The van der Waals surface area contributed by atoms with Crippen LogP contribution in [0.2, 0.25) is 0 Å². The summed E-state index contributed by atoms with van der Waals surface area (Å²) < 4.78 is 0. The highest BCUT2D eigenvalue weighted by Gasteiger charge is 2.12. The van der Waals surface area contributed by atoms with Gasteiger partial charge in [-0.15, -0.1) is 0 Å². The summed E-state index contributed by atoms with van der Waals surface area (Å²) in [4.78, 5) is 20.0. The summed E-state index contributed by atoms with van der Waals surface area (Å²) in [5.74, 6) is 0.0512. The van der Waals surface area contributed by atoms with Crippen molar-refractivity contribution in [3.05, 3.63) is 54.2 Å². The molecule has 82 valence electrons. The first-order valence-corrected chi connectivity index (χ1v) is 5.09. The molecule has 0 atom stereocenters. The van der Waals surface area contributed by atoms with Gasteiger partial charge >= 0.3 is 0 Å². The van der Waals surface area contributed by atoms with Gasteiger partial charge in [-0.1, -0.05) is 18.2 Å². The average molecular weight is 224 g/mol. The first-order valence-electron chi connectivity index (χ1n) is 5.09. The Balaban J connectivity index is 2.09. The number of hydrogen-bond donors (Lipinski definition) is 1. The number of fused-ring (bicyclic) bond motifs is 1. The lowest BCUT2D eigenvalue weighted by molar-refractivity contribution is 0.103. The third-order valence-electron chi connectivity index (χ3n) is 2.50. The maximum absolute atomic E-state index is 12.0. The van der Waals surface area contributed by atoms with Crippen molar-refractivity contribution in [2.45, 2.75) is 0 Å². The van der Waals surface area contributed by atoms with Crippen LogP contribution in [0.4, 0.5) is 0 Å². The first kappa shape index (κ1) is 9.65. The van der Waals surface area contributed by atoms with Gasteiger partial charge in [0.1, 0.15) is 6.33 Å². The summed E-state index contributed by atoms with van der Waals surface area (Å²) in [6, 6.07) is 9.19. The molecule has 2 aromatic heterocycles. The predicted molar refractivity (Wildman–Crippen MR) is 61.6 cm³/mol. The Morgan fingerprint density at radius 2 is 2.12 bits per heavy atom. The fourth-order valence-corrected chi connectivity index (χ4v) is 1.66. The molecule has 17 heavy (non-hydrogen) atoms. The van der Waals surface area contributed by atoms with Gasteiger partial charge in [0, 0.05) is 17.1 Å². The van der Waals surface area contributed by atoms with Crippen molar-refractivity contribution in [3.63, 3.8) is 0 Å². The molecule has 0 saturated carbocycles. The number of hydrogen-bond acceptors (Lipinski definition) is 4. The second-order valence-corrected chi connectivity index (χ2v) is 3.57. The smallest absolute Gasteiger partial charge is 0.229 e. The van der Waals surface area contributed by atoms with E-state index in [2.05, 4.69) is 20.2 Å². The molecule has 0 spiro atoms. The normalized spacial score (nSPS) is 10.6. The van der Waals surface area contributed by atoms with E-state index in [1.54, 1.807) is 18.3 Å². The maximum Gasteiger partial charge on any atom is 0.229 e. The molecule has 1 N–H and O–H groups in total. The van der Waals surface area contributed by atoms with E-state index in [1.807, 2.05) is 18.2 Å². The Morgan fingerprint density at radius 3 is 2.94 bits per heavy atom. The van der Waals surface area contributed by atoms with Gasteiger partial charge in [0.05, 0.1) is 5.52 Å². The van der Waals surface area contributed by atoms with E-state index in [4.69, 9.17) is 0 Å². The fraction of sp³-hybridized carbons (Fsp3) is 0. The molecular weight excluding hydrogens is 216 g/mol. The molecule has 0 aliphatic carbocycles. The van der Waals surface area contributed by atoms with Crippen LogP contribution in [0.5, 0.6) is 0 Å². The monoisotopic (exact) mass is 224 g/mol. The number of carbonyl (C=O) groups is 1. The lowest BCUT2D eigenvalue weighted by atomic mass is 10.1. The highest BCUT2D eigenvalue weighted by atomic mass is 16.1. The average Bonchev–Trinajstić information content (AvgIpc) is 2.91. The molecule has 0 unspecified atom stereocenters. The van der Waals surface area contributed by atoms with Crippen molar-refractivity contribution in [3.8, 4) is 0 Å². The van der Waals surface area contributed by atoms with Crippen LogP contribution in [0, 0.1) is 0 Å². The highest BCUT2D eigenvalue weighted by molar-refractivity contribution is 6.08. The fourth-order valence-electron chi connectivity index (χ4n) is 1.66. The third-order valence-corrected chi connectivity index (χ3v) is 2.50. The van der Waals surface area contributed by atoms with Crippen LogP contribution in [-0.2, 0) is 0 Å². The molecule has 0 saturated heterocycles. The summed E-state index contributed by atoms with van der Waals surface area (Å²) in [5, 5.41) is 7.21. The van der Waals surface area contributed by atoms with Gasteiger partial charge in [-0.05, 0) is 12.1 Å². The molecule has 0 amide bonds. The van der Waals surface area contributed by atoms with Crippen LogP contribution in [0.25, 0.3) is 10.9 Å². The van der Waals surface area contributed by atoms with E-state index < -0.39 is 0 Å². The van der Waals surface area contributed by atoms with E-state index in [0.29, 0.717) is 5.56 Å². The number of aromatic amines is 1. The Hall–Kier alpha value is -2.56. The molecule has 1 aromatic carbocycles. The van der Waals surface area contributed by atoms with Crippen molar-refractivity contribution in [1.82, 2.24) is 20.2 Å². The van der Waals surface area contributed by atoms with Crippen molar-refractivity contribution in [2.24, 2.45) is 0 Å². The number of nitrogens with one attached hydrogen (secondary N) is 1. The maximum atomic E-state index is 12.0. The highest BCUT2D eigenvalue weighted by Crippen LogP contribution is 2.14. The number of pyridine rings is 1. The lowest BCUT2D eigenvalue weighted by Crippen LogP contribution is -2.03. The van der Waals surface area contributed by atoms with Crippen LogP contribution in [0.1, 0.15) is 16.2 Å². The first-order chi connectivity index (χ1) is 8.34. The molecule has 5 heteroatoms. The van der Waals surface area contributed by atoms with E-state index in [0.717, 1.165) is 10.9 Å². The van der Waals surface area contributed by atoms with Crippen LogP contribution >= 0.6 is 0 Å². The van der Waals surface area contributed by atoms with Crippen LogP contribution in [0.15, 0.2) is 42.9 Å². The van der Waals surface area contributed by atoms with Crippen molar-refractivity contribution >= 4 is 16.7 Å². The van der Waals surface area contributed by atoms with Gasteiger partial charge in [0.15, 0.2) is 5.82 Å². The van der Waals surface area contributed by atoms with Gasteiger partial charge in [-0.3, -0.25) is 14.9 Å². The number of H-pyrrole nitrogens is 1. The molecule has 3 rings (SSSR count). The Bertz CT molecular complexity index is 676. The number of ketones is 1. The Labute approximate surface area is 96.5 Å². The third kappa shape index (κ3) is 1.67. The molecule has 5 nitrogen and oxygen atoms in total. The van der Waals surface area contributed by atoms with Crippen LogP contribution in [0.3, 0.4) is 0 Å². The van der Waals surface area contributed by atoms with Crippen LogP contribution in [-0.4, -0.2) is 25.9 Å². The summed E-state index contributed by atoms with van der Waals surface area (Å²) in [6.07, 6.45) is 3.01. The van der Waals surface area contributed by atoms with Gasteiger partial charge < -0.3 is 0 Å². The zero-order chi connectivity index (χ0) is 11.7. The van der Waals surface area contributed by atoms with Crippen molar-refractivity contribution in [2.75, 3.05) is 0 Å².